The van der Waals surface area contributed by atoms with Gasteiger partial charge in [0.15, 0.2) is 0 Å². The lowest BCUT2D eigenvalue weighted by atomic mass is 10.2. The quantitative estimate of drug-likeness (QED) is 0.780. The number of nitrogens with zero attached hydrogens (tertiary/aromatic N) is 2. The van der Waals surface area contributed by atoms with Crippen LogP contribution in [0.3, 0.4) is 0 Å². The number of hydrogen-bond acceptors (Lipinski definition) is 4. The molecule has 6 nitrogen and oxygen atoms in total. The van der Waals surface area contributed by atoms with E-state index in [0.717, 1.165) is 6.07 Å². The molecule has 0 saturated carbocycles. The summed E-state index contributed by atoms with van der Waals surface area (Å²) in [6.45, 7) is 0.168. The highest BCUT2D eigenvalue weighted by Gasteiger charge is 2.33. The Morgan fingerprint density at radius 1 is 1.37 bits per heavy atom. The average Bonchev–Trinajstić information content (AvgIpc) is 2.74. The van der Waals surface area contributed by atoms with Gasteiger partial charge in [0.25, 0.3) is 0 Å². The topological polar surface area (TPSA) is 86.5 Å². The fourth-order valence-corrected chi connectivity index (χ4v) is 1.50. The Morgan fingerprint density at radius 3 is 2.79 bits per heavy atom. The number of aromatic amines is 2. The Morgan fingerprint density at radius 2 is 2.16 bits per heavy atom. The Kier molecular flexibility index (Phi) is 3.54. The second-order valence-electron chi connectivity index (χ2n) is 3.70. The highest BCUT2D eigenvalue weighted by molar-refractivity contribution is 5.45. The molecular formula is C10H10F3N5O. The van der Waals surface area contributed by atoms with E-state index in [1.165, 1.54) is 12.3 Å². The highest BCUT2D eigenvalue weighted by atomic mass is 19.4. The molecule has 0 bridgehead atoms. The molecule has 2 heterocycles. The van der Waals surface area contributed by atoms with Crippen molar-refractivity contribution in [3.63, 3.8) is 0 Å². The first kappa shape index (κ1) is 13.1. The Labute approximate surface area is 105 Å². The summed E-state index contributed by atoms with van der Waals surface area (Å²) in [6.07, 6.45) is -2.92. The van der Waals surface area contributed by atoms with Crippen molar-refractivity contribution in [1.29, 1.82) is 0 Å². The monoisotopic (exact) mass is 273 g/mol. The number of hydrogen-bond donors (Lipinski definition) is 3. The third kappa shape index (κ3) is 3.33. The van der Waals surface area contributed by atoms with Gasteiger partial charge in [-0.15, -0.1) is 0 Å². The van der Waals surface area contributed by atoms with Crippen molar-refractivity contribution >= 4 is 5.82 Å². The second-order valence-corrected chi connectivity index (χ2v) is 3.70. The lowest BCUT2D eigenvalue weighted by Gasteiger charge is -2.12. The summed E-state index contributed by atoms with van der Waals surface area (Å²) in [5.74, 6) is 0.120. The number of rotatable bonds is 4. The van der Waals surface area contributed by atoms with Gasteiger partial charge in [0, 0.05) is 19.2 Å². The van der Waals surface area contributed by atoms with Gasteiger partial charge in [0.05, 0.1) is 5.56 Å². The number of aromatic nitrogens is 4. The number of H-pyrrole nitrogens is 2. The summed E-state index contributed by atoms with van der Waals surface area (Å²) in [4.78, 5) is 16.8. The van der Waals surface area contributed by atoms with Crippen molar-refractivity contribution in [1.82, 2.24) is 20.2 Å². The van der Waals surface area contributed by atoms with Gasteiger partial charge < -0.3 is 5.32 Å². The van der Waals surface area contributed by atoms with Crippen molar-refractivity contribution < 1.29 is 13.2 Å². The van der Waals surface area contributed by atoms with E-state index in [1.54, 1.807) is 0 Å². The smallest absolute Gasteiger partial charge is 0.369 e. The molecule has 102 valence electrons. The molecule has 0 saturated heterocycles. The molecule has 0 aliphatic carbocycles. The summed E-state index contributed by atoms with van der Waals surface area (Å²) in [7, 11) is 0. The maximum Gasteiger partial charge on any atom is 0.419 e. The molecule has 0 fully saturated rings. The zero-order chi connectivity index (χ0) is 13.9. The normalized spacial score (nSPS) is 11.5. The molecule has 0 amide bonds. The SMILES string of the molecule is O=c1[nH]nc(CCNc2ncccc2C(F)(F)F)[nH]1. The first-order valence-electron chi connectivity index (χ1n) is 5.36. The lowest BCUT2D eigenvalue weighted by molar-refractivity contribution is -0.137. The van der Waals surface area contributed by atoms with Crippen LogP contribution in [0.5, 0.6) is 0 Å². The van der Waals surface area contributed by atoms with E-state index in [4.69, 9.17) is 0 Å². The summed E-state index contributed by atoms with van der Waals surface area (Å²) in [5, 5.41) is 8.38. The molecule has 0 spiro atoms. The van der Waals surface area contributed by atoms with Crippen LogP contribution in [0.2, 0.25) is 0 Å². The minimum Gasteiger partial charge on any atom is -0.369 e. The van der Waals surface area contributed by atoms with Gasteiger partial charge in [0.2, 0.25) is 0 Å². The molecule has 9 heteroatoms. The second kappa shape index (κ2) is 5.12. The lowest BCUT2D eigenvalue weighted by Crippen LogP contribution is -2.14. The van der Waals surface area contributed by atoms with E-state index in [9.17, 15) is 18.0 Å². The average molecular weight is 273 g/mol. The Hall–Kier alpha value is -2.32. The maximum atomic E-state index is 12.7. The van der Waals surface area contributed by atoms with Crippen LogP contribution in [-0.4, -0.2) is 26.7 Å². The van der Waals surface area contributed by atoms with Crippen molar-refractivity contribution in [2.75, 3.05) is 11.9 Å². The first-order valence-corrected chi connectivity index (χ1v) is 5.36. The molecule has 0 unspecified atom stereocenters. The standard InChI is InChI=1S/C10H10F3N5O/c11-10(12,13)6-2-1-4-14-8(6)15-5-3-7-16-9(19)18-17-7/h1-2,4H,3,5H2,(H,14,15)(H2,16,17,18,19). The Bertz CT molecular complexity index is 603. The van der Waals surface area contributed by atoms with Crippen LogP contribution in [0, 0.1) is 0 Å². The minimum absolute atomic E-state index is 0.168. The molecule has 2 rings (SSSR count). The molecular weight excluding hydrogens is 263 g/mol. The van der Waals surface area contributed by atoms with Crippen molar-refractivity contribution in [3.8, 4) is 0 Å². The number of nitrogens with one attached hydrogen (secondary N) is 3. The van der Waals surface area contributed by atoms with E-state index < -0.39 is 17.4 Å². The van der Waals surface area contributed by atoms with E-state index in [-0.39, 0.29) is 18.8 Å². The van der Waals surface area contributed by atoms with Crippen molar-refractivity contribution in [2.24, 2.45) is 0 Å². The molecule has 2 aromatic heterocycles. The third-order valence-corrected chi connectivity index (χ3v) is 2.32. The highest BCUT2D eigenvalue weighted by Crippen LogP contribution is 2.33. The van der Waals surface area contributed by atoms with Crippen LogP contribution in [0.15, 0.2) is 23.1 Å². The fourth-order valence-electron chi connectivity index (χ4n) is 1.50. The van der Waals surface area contributed by atoms with Gasteiger partial charge in [0.1, 0.15) is 11.6 Å². The molecule has 2 aromatic rings. The van der Waals surface area contributed by atoms with Gasteiger partial charge in [-0.25, -0.2) is 14.9 Å². The summed E-state index contributed by atoms with van der Waals surface area (Å²) in [6, 6.07) is 2.17. The van der Waals surface area contributed by atoms with E-state index in [1.807, 2.05) is 0 Å². The summed E-state index contributed by atoms with van der Waals surface area (Å²) in [5.41, 5.74) is -1.28. The number of alkyl halides is 3. The molecule has 3 N–H and O–H groups in total. The van der Waals surface area contributed by atoms with Crippen LogP contribution < -0.4 is 11.0 Å². The molecule has 0 aromatic carbocycles. The van der Waals surface area contributed by atoms with Crippen LogP contribution in [0.25, 0.3) is 0 Å². The molecule has 19 heavy (non-hydrogen) atoms. The molecule has 0 radical (unpaired) electrons. The van der Waals surface area contributed by atoms with Gasteiger partial charge in [-0.3, -0.25) is 4.98 Å². The van der Waals surface area contributed by atoms with Gasteiger partial charge in [-0.05, 0) is 12.1 Å². The largest absolute Gasteiger partial charge is 0.419 e. The van der Waals surface area contributed by atoms with Crippen LogP contribution >= 0.6 is 0 Å². The van der Waals surface area contributed by atoms with Gasteiger partial charge in [-0.2, -0.15) is 18.3 Å². The summed E-state index contributed by atoms with van der Waals surface area (Å²) < 4.78 is 38.0. The van der Waals surface area contributed by atoms with Crippen LogP contribution in [0.1, 0.15) is 11.4 Å². The number of halogens is 3. The molecule has 0 aliphatic rings. The van der Waals surface area contributed by atoms with Crippen LogP contribution in [0.4, 0.5) is 19.0 Å². The third-order valence-electron chi connectivity index (χ3n) is 2.32. The zero-order valence-corrected chi connectivity index (χ0v) is 9.58. The van der Waals surface area contributed by atoms with Crippen LogP contribution in [-0.2, 0) is 12.6 Å². The molecule has 0 atom stereocenters. The zero-order valence-electron chi connectivity index (χ0n) is 9.58. The van der Waals surface area contributed by atoms with Crippen molar-refractivity contribution in [2.45, 2.75) is 12.6 Å². The number of pyridine rings is 1. The maximum absolute atomic E-state index is 12.7. The predicted octanol–water partition coefficient (Wildman–Crippen LogP) is 1.17. The van der Waals surface area contributed by atoms with E-state index >= 15 is 0 Å². The van der Waals surface area contributed by atoms with Gasteiger partial charge >= 0.3 is 11.9 Å². The van der Waals surface area contributed by atoms with E-state index in [2.05, 4.69) is 25.5 Å². The fraction of sp³-hybridized carbons (Fsp3) is 0.300. The Balaban J connectivity index is 2.02. The summed E-state index contributed by atoms with van der Waals surface area (Å²) >= 11 is 0. The minimum atomic E-state index is -4.46. The molecule has 0 aliphatic heterocycles. The first-order chi connectivity index (χ1) is 8.97. The van der Waals surface area contributed by atoms with E-state index in [0.29, 0.717) is 5.82 Å². The van der Waals surface area contributed by atoms with Crippen molar-refractivity contribution in [3.05, 3.63) is 40.2 Å². The predicted molar refractivity (Wildman–Crippen MR) is 60.6 cm³/mol. The van der Waals surface area contributed by atoms with Gasteiger partial charge in [-0.1, -0.05) is 0 Å². The number of anilines is 1.